The van der Waals surface area contributed by atoms with Gasteiger partial charge in [0.25, 0.3) is 0 Å². The molecule has 55 heavy (non-hydrogen) atoms. The molecule has 0 saturated carbocycles. The average Bonchev–Trinajstić information content (AvgIpc) is 3.19. The van der Waals surface area contributed by atoms with E-state index in [0.717, 1.165) is 0 Å². The summed E-state index contributed by atoms with van der Waals surface area (Å²) < 4.78 is 0. The topological polar surface area (TPSA) is 0 Å². The van der Waals surface area contributed by atoms with Gasteiger partial charge in [0.1, 0.15) is 118 Å². The predicted molar refractivity (Wildman–Crippen MR) is 295 cm³/mol. The third kappa shape index (κ3) is 5.35. The summed E-state index contributed by atoms with van der Waals surface area (Å²) >= 11 is 0. The summed E-state index contributed by atoms with van der Waals surface area (Å²) in [5.41, 5.74) is 29.0. The lowest BCUT2D eigenvalue weighted by Crippen LogP contribution is -2.53. The van der Waals surface area contributed by atoms with E-state index in [1.165, 1.54) is 158 Å². The molecule has 0 spiro atoms. The summed E-state index contributed by atoms with van der Waals surface area (Å²) in [6.07, 6.45) is 0. The maximum absolute atomic E-state index is 2.46. The lowest BCUT2D eigenvalue weighted by Gasteiger charge is -2.31. The average molecular weight is 684 g/mol. The second-order valence-electron chi connectivity index (χ2n) is 16.9. The minimum atomic E-state index is 1.25. The molecule has 0 amide bonds. The standard InChI is InChI=1S/C40H41B15/c41-26-19-17(16-7-3-6-14(11-16)15-9-8-12-4-1-2-5-13(12)10-15)20-22(30(45)38(53)36(51)27(20)42)18(21(19)29(44)37(52)35(26)50)23-24-25(32(47)34(49)28(23)43)33(48)40(55)39(54)31(24)46/h1-11H,41-55H2. The van der Waals surface area contributed by atoms with Crippen LogP contribution in [0.25, 0.3) is 76.5 Å². The number of hydrogen-bond donors (Lipinski definition) is 0. The molecule has 0 N–H and O–H groups in total. The molecule has 8 aromatic carbocycles. The van der Waals surface area contributed by atoms with Gasteiger partial charge in [0.05, 0.1) is 0 Å². The molecular weight excluding hydrogens is 643 g/mol. The molecule has 0 aliphatic carbocycles. The maximum atomic E-state index is 2.46. The summed E-state index contributed by atoms with van der Waals surface area (Å²) in [4.78, 5) is 0. The van der Waals surface area contributed by atoms with Crippen molar-refractivity contribution in [1.29, 1.82) is 0 Å². The predicted octanol–water partition coefficient (Wildman–Crippen LogP) is -14.8. The Morgan fingerprint density at radius 3 is 1.07 bits per heavy atom. The van der Waals surface area contributed by atoms with Crippen LogP contribution in [0.5, 0.6) is 0 Å². The third-order valence-electron chi connectivity index (χ3n) is 14.7. The number of hydrogen-bond acceptors (Lipinski definition) is 0. The Bertz CT molecular complexity index is 2950. The van der Waals surface area contributed by atoms with Crippen LogP contribution in [0.3, 0.4) is 0 Å². The fourth-order valence-corrected chi connectivity index (χ4v) is 10.1. The molecule has 0 aromatic heterocycles. The van der Waals surface area contributed by atoms with Gasteiger partial charge in [0.15, 0.2) is 0 Å². The minimum absolute atomic E-state index is 1.25. The van der Waals surface area contributed by atoms with Gasteiger partial charge in [-0.05, 0) is 88.6 Å². The van der Waals surface area contributed by atoms with Crippen molar-refractivity contribution in [2.24, 2.45) is 0 Å². The molecule has 0 aliphatic heterocycles. The van der Waals surface area contributed by atoms with Crippen LogP contribution < -0.4 is 81.9 Å². The first kappa shape index (κ1) is 37.7. The molecule has 0 atom stereocenters. The van der Waals surface area contributed by atoms with E-state index < -0.39 is 0 Å². The first-order chi connectivity index (χ1) is 26.1. The van der Waals surface area contributed by atoms with Gasteiger partial charge in [-0.3, -0.25) is 0 Å². The lowest BCUT2D eigenvalue weighted by atomic mass is 9.56. The monoisotopic (exact) mass is 686 g/mol. The van der Waals surface area contributed by atoms with Crippen LogP contribution >= 0.6 is 0 Å². The molecule has 0 heterocycles. The third-order valence-corrected chi connectivity index (χ3v) is 14.7. The van der Waals surface area contributed by atoms with Crippen LogP contribution in [0, 0.1) is 0 Å². The van der Waals surface area contributed by atoms with Crippen molar-refractivity contribution in [2.75, 3.05) is 0 Å². The van der Waals surface area contributed by atoms with Crippen molar-refractivity contribution in [3.8, 4) is 33.4 Å². The van der Waals surface area contributed by atoms with Crippen LogP contribution in [0.2, 0.25) is 0 Å². The Balaban J connectivity index is 1.66. The van der Waals surface area contributed by atoms with Crippen LogP contribution in [0.4, 0.5) is 0 Å². The molecule has 0 nitrogen and oxygen atoms in total. The Morgan fingerprint density at radius 2 is 0.582 bits per heavy atom. The van der Waals surface area contributed by atoms with Crippen LogP contribution in [-0.2, 0) is 0 Å². The van der Waals surface area contributed by atoms with Gasteiger partial charge in [-0.2, -0.15) is 0 Å². The number of benzene rings is 8. The highest BCUT2D eigenvalue weighted by Crippen LogP contribution is 2.42. The smallest absolute Gasteiger partial charge is 0.101 e. The van der Waals surface area contributed by atoms with Crippen molar-refractivity contribution < 1.29 is 0 Å². The Hall–Kier alpha value is -4.23. The first-order valence-corrected chi connectivity index (χ1v) is 20.1. The van der Waals surface area contributed by atoms with E-state index >= 15 is 0 Å². The van der Waals surface area contributed by atoms with Gasteiger partial charge in [-0.25, -0.2) is 0 Å². The van der Waals surface area contributed by atoms with Gasteiger partial charge in [0.2, 0.25) is 0 Å². The van der Waals surface area contributed by atoms with Gasteiger partial charge in [-0.1, -0.05) is 98.3 Å². The van der Waals surface area contributed by atoms with Gasteiger partial charge < -0.3 is 0 Å². The summed E-state index contributed by atoms with van der Waals surface area (Å²) in [5, 5.41) is 11.0. The number of rotatable bonds is 3. The van der Waals surface area contributed by atoms with E-state index in [1.54, 1.807) is 0 Å². The summed E-state index contributed by atoms with van der Waals surface area (Å²) in [6, 6.07) is 25.0. The molecule has 0 bridgehead atoms. The largest absolute Gasteiger partial charge is 0.139 e. The van der Waals surface area contributed by atoms with Gasteiger partial charge >= 0.3 is 0 Å². The molecule has 0 unspecified atom stereocenters. The Morgan fingerprint density at radius 1 is 0.218 bits per heavy atom. The Kier molecular flexibility index (Phi) is 9.23. The molecule has 0 radical (unpaired) electrons. The second kappa shape index (κ2) is 13.5. The van der Waals surface area contributed by atoms with E-state index in [9.17, 15) is 0 Å². The normalized spacial score (nSPS) is 11.6. The zero-order chi connectivity index (χ0) is 39.5. The van der Waals surface area contributed by atoms with E-state index in [-0.39, 0.29) is 0 Å². The molecular formula is C40H41B15. The molecule has 15 heteroatoms. The van der Waals surface area contributed by atoms with Crippen LogP contribution in [0.1, 0.15) is 0 Å². The fourth-order valence-electron chi connectivity index (χ4n) is 10.1. The quantitative estimate of drug-likeness (QED) is 0.128. The van der Waals surface area contributed by atoms with Gasteiger partial charge in [0, 0.05) is 0 Å². The SMILES string of the molecule is Bc1c(B)c(B)c2c(-c3c4c(B)c(B)c(B)c(B)c4c(-c4cccc(-c5ccc6ccccc6c5)c4)c4c(B)c(B)c(B)c(B)c34)c(B)c(B)c(B)c2c1B. The van der Waals surface area contributed by atoms with Gasteiger partial charge in [-0.15, -0.1) is 38.2 Å². The van der Waals surface area contributed by atoms with Crippen molar-refractivity contribution >= 4 is 243 Å². The highest BCUT2D eigenvalue weighted by Gasteiger charge is 2.28. The van der Waals surface area contributed by atoms with Crippen molar-refractivity contribution in [3.05, 3.63) is 66.7 Å². The molecule has 246 valence electrons. The molecule has 0 aliphatic rings. The lowest BCUT2D eigenvalue weighted by molar-refractivity contribution is 1.64. The number of fused-ring (bicyclic) bond motifs is 4. The highest BCUT2D eigenvalue weighted by atomic mass is 14.3. The van der Waals surface area contributed by atoms with E-state index in [0.29, 0.717) is 0 Å². The highest BCUT2D eigenvalue weighted by molar-refractivity contribution is 6.74. The van der Waals surface area contributed by atoms with E-state index in [2.05, 4.69) is 184 Å². The molecule has 0 fully saturated rings. The zero-order valence-electron chi connectivity index (χ0n) is 35.9. The summed E-state index contributed by atoms with van der Waals surface area (Å²) in [6.45, 7) is 0. The molecule has 8 rings (SSSR count). The molecule has 0 saturated heterocycles. The minimum Gasteiger partial charge on any atom is -0.101 e. The van der Waals surface area contributed by atoms with Crippen LogP contribution in [-0.4, -0.2) is 118 Å². The van der Waals surface area contributed by atoms with Crippen LogP contribution in [0.15, 0.2) is 66.7 Å². The summed E-state index contributed by atoms with van der Waals surface area (Å²) in [7, 11) is 35.4. The first-order valence-electron chi connectivity index (χ1n) is 20.1. The molecule has 8 aromatic rings. The van der Waals surface area contributed by atoms with Crippen molar-refractivity contribution in [2.45, 2.75) is 0 Å². The fraction of sp³-hybridized carbons (Fsp3) is 0. The zero-order valence-corrected chi connectivity index (χ0v) is 35.9. The maximum Gasteiger partial charge on any atom is 0.139 e. The van der Waals surface area contributed by atoms with E-state index in [1.807, 2.05) is 0 Å². The summed E-state index contributed by atoms with van der Waals surface area (Å²) in [5.74, 6) is 0. The van der Waals surface area contributed by atoms with Crippen molar-refractivity contribution in [1.82, 2.24) is 0 Å². The van der Waals surface area contributed by atoms with Crippen molar-refractivity contribution in [3.63, 3.8) is 0 Å². The second-order valence-corrected chi connectivity index (χ2v) is 16.9. The Labute approximate surface area is 341 Å². The van der Waals surface area contributed by atoms with E-state index in [4.69, 9.17) is 0 Å².